The molecule has 0 saturated carbocycles. The van der Waals surface area contributed by atoms with E-state index >= 15 is 0 Å². The van der Waals surface area contributed by atoms with Crippen molar-refractivity contribution in [3.8, 4) is 17.6 Å². The van der Waals surface area contributed by atoms with Gasteiger partial charge in [0.15, 0.2) is 0 Å². The number of hydrogen-bond acceptors (Lipinski definition) is 10. The summed E-state index contributed by atoms with van der Waals surface area (Å²) in [5.41, 5.74) is 2.55. The molecule has 2 aromatic rings. The van der Waals surface area contributed by atoms with Crippen molar-refractivity contribution in [1.82, 2.24) is 5.32 Å². The average molecular weight is 556 g/mol. The smallest absolute Gasteiger partial charge is 0.257 e. The average Bonchev–Trinajstić information content (AvgIpc) is 2.98. The zero-order valence-electron chi connectivity index (χ0n) is 23.4. The summed E-state index contributed by atoms with van der Waals surface area (Å²) in [4.78, 5) is 11.7. The third-order valence-corrected chi connectivity index (χ3v) is 6.69. The third kappa shape index (κ3) is 10.1. The number of Topliss-reactive ketones (excluding diaryl/α,β-unsaturated/α-hetero) is 1. The lowest BCUT2D eigenvalue weighted by Gasteiger charge is -2.38. The summed E-state index contributed by atoms with van der Waals surface area (Å²) in [6.07, 6.45) is 2.04. The van der Waals surface area contributed by atoms with Crippen LogP contribution in [0.4, 0.5) is 5.69 Å². The van der Waals surface area contributed by atoms with Crippen molar-refractivity contribution >= 4 is 11.5 Å². The van der Waals surface area contributed by atoms with Gasteiger partial charge in [-0.25, -0.2) is 0 Å². The van der Waals surface area contributed by atoms with E-state index < -0.39 is 5.78 Å². The van der Waals surface area contributed by atoms with Crippen LogP contribution in [-0.4, -0.2) is 83.4 Å². The summed E-state index contributed by atoms with van der Waals surface area (Å²) in [5, 5.41) is 25.7. The van der Waals surface area contributed by atoms with Crippen LogP contribution < -0.4 is 15.4 Å². The molecule has 0 aliphatic carbocycles. The van der Waals surface area contributed by atoms with Gasteiger partial charge in [-0.2, -0.15) is 5.26 Å². The van der Waals surface area contributed by atoms with Gasteiger partial charge in [0.1, 0.15) is 24.2 Å². The molecule has 1 heterocycles. The molecule has 0 radical (unpaired) electrons. The Balaban J connectivity index is 1.69. The molecule has 1 unspecified atom stereocenters. The zero-order valence-corrected chi connectivity index (χ0v) is 23.4. The number of benzene rings is 2. The fourth-order valence-corrected chi connectivity index (χ4v) is 4.61. The van der Waals surface area contributed by atoms with Crippen molar-refractivity contribution in [2.45, 2.75) is 44.0 Å². The topological polar surface area (TPSA) is 131 Å². The fourth-order valence-electron chi connectivity index (χ4n) is 4.61. The maximum Gasteiger partial charge on any atom is 0.257 e. The normalized spacial score (nSPS) is 18.7. The molecule has 3 rings (SSSR count). The summed E-state index contributed by atoms with van der Waals surface area (Å²) >= 11 is 0. The molecule has 3 atom stereocenters. The van der Waals surface area contributed by atoms with Crippen molar-refractivity contribution in [2.24, 2.45) is 0 Å². The van der Waals surface area contributed by atoms with Crippen LogP contribution in [0.25, 0.3) is 0 Å². The number of piperidine rings is 1. The van der Waals surface area contributed by atoms with Gasteiger partial charge in [0.2, 0.25) is 0 Å². The van der Waals surface area contributed by atoms with Crippen LogP contribution in [0.2, 0.25) is 0 Å². The lowest BCUT2D eigenvalue weighted by Crippen LogP contribution is -2.51. The Morgan fingerprint density at radius 2 is 1.70 bits per heavy atom. The van der Waals surface area contributed by atoms with E-state index in [-0.39, 0.29) is 30.5 Å². The molecule has 0 amide bonds. The second-order valence-corrected chi connectivity index (χ2v) is 9.66. The van der Waals surface area contributed by atoms with Gasteiger partial charge >= 0.3 is 0 Å². The number of nitrogens with zero attached hydrogens (tertiary/aromatic N) is 1. The van der Waals surface area contributed by atoms with Gasteiger partial charge in [-0.05, 0) is 54.7 Å². The highest BCUT2D eigenvalue weighted by molar-refractivity contribution is 5.94. The lowest BCUT2D eigenvalue weighted by molar-refractivity contribution is -0.123. The van der Waals surface area contributed by atoms with Gasteiger partial charge in [0.05, 0.1) is 31.1 Å². The number of carbonyl (C=O) groups excluding carboxylic acids is 1. The Kier molecular flexibility index (Phi) is 13.7. The molecule has 0 bridgehead atoms. The number of nitriles is 1. The molecule has 1 aliphatic rings. The first-order valence-electron chi connectivity index (χ1n) is 13.7. The Bertz CT molecular complexity index is 1070. The Morgan fingerprint density at radius 1 is 1.00 bits per heavy atom. The number of ketones is 1. The van der Waals surface area contributed by atoms with Crippen LogP contribution in [0.1, 0.15) is 36.3 Å². The van der Waals surface area contributed by atoms with Crippen LogP contribution in [0.5, 0.6) is 11.5 Å². The number of aromatic hydroxyl groups is 1. The van der Waals surface area contributed by atoms with Crippen molar-refractivity contribution < 1.29 is 33.6 Å². The molecule has 10 nitrogen and oxygen atoms in total. The van der Waals surface area contributed by atoms with E-state index in [0.29, 0.717) is 51.7 Å². The Morgan fingerprint density at radius 3 is 2.42 bits per heavy atom. The molecular formula is C30H41N3O7. The van der Waals surface area contributed by atoms with Crippen LogP contribution in [-0.2, 0) is 30.3 Å². The fraction of sp³-hybridized carbons (Fsp3) is 0.533. The predicted octanol–water partition coefficient (Wildman–Crippen LogP) is 3.40. The number of carbonyl (C=O) groups is 1. The largest absolute Gasteiger partial charge is 0.506 e. The molecule has 3 N–H and O–H groups in total. The van der Waals surface area contributed by atoms with Gasteiger partial charge < -0.3 is 39.4 Å². The monoisotopic (exact) mass is 555 g/mol. The van der Waals surface area contributed by atoms with Gasteiger partial charge in [-0.3, -0.25) is 4.79 Å². The molecule has 218 valence electrons. The van der Waals surface area contributed by atoms with E-state index in [1.54, 1.807) is 26.4 Å². The SMILES string of the molecule is COCCCCOc1ccc(C2[C@@H](OCc3ccc(O)c(NCCCOC)c3)CNC[C@H]2OCC(=O)C#N)cc1. The first kappa shape index (κ1) is 31.3. The van der Waals surface area contributed by atoms with Crippen LogP contribution >= 0.6 is 0 Å². The summed E-state index contributed by atoms with van der Waals surface area (Å²) in [5.74, 6) is 0.162. The second-order valence-electron chi connectivity index (χ2n) is 9.66. The molecule has 2 aromatic carbocycles. The number of methoxy groups -OCH3 is 2. The van der Waals surface area contributed by atoms with Gasteiger partial charge in [-0.15, -0.1) is 0 Å². The highest BCUT2D eigenvalue weighted by atomic mass is 16.5. The molecule has 0 spiro atoms. The molecule has 1 saturated heterocycles. The Labute approximate surface area is 236 Å². The molecule has 10 heteroatoms. The van der Waals surface area contributed by atoms with E-state index in [9.17, 15) is 9.90 Å². The highest BCUT2D eigenvalue weighted by Crippen LogP contribution is 2.32. The number of phenols is 1. The number of ether oxygens (including phenoxy) is 5. The third-order valence-electron chi connectivity index (χ3n) is 6.69. The highest BCUT2D eigenvalue weighted by Gasteiger charge is 2.36. The Hall–Kier alpha value is -3.20. The molecular weight excluding hydrogens is 514 g/mol. The summed E-state index contributed by atoms with van der Waals surface area (Å²) in [6.45, 7) is 3.80. The number of rotatable bonds is 18. The number of nitrogens with one attached hydrogen (secondary N) is 2. The van der Waals surface area contributed by atoms with Crippen molar-refractivity contribution in [1.29, 1.82) is 5.26 Å². The molecule has 1 aliphatic heterocycles. The predicted molar refractivity (Wildman–Crippen MR) is 151 cm³/mol. The van der Waals surface area contributed by atoms with E-state index in [0.717, 1.165) is 36.1 Å². The van der Waals surface area contributed by atoms with Crippen LogP contribution in [0.3, 0.4) is 0 Å². The summed E-state index contributed by atoms with van der Waals surface area (Å²) in [7, 11) is 3.35. The van der Waals surface area contributed by atoms with E-state index in [1.807, 2.05) is 36.4 Å². The number of anilines is 1. The number of hydrogen-bond donors (Lipinski definition) is 3. The van der Waals surface area contributed by atoms with Gasteiger partial charge in [-0.1, -0.05) is 18.2 Å². The number of phenolic OH excluding ortho intramolecular Hbond substituents is 1. The lowest BCUT2D eigenvalue weighted by atomic mass is 9.85. The standard InChI is InChI=1S/C30H41N3O7/c1-36-13-3-4-15-38-25-9-7-23(8-10-25)30-28(18-32-19-29(30)40-21-24(34)17-31)39-20-22-6-11-27(35)26(16-22)33-12-5-14-37-2/h6-11,16,28-30,32-33,35H,3-5,12-15,18-21H2,1-2H3/t28-,29+,30?/m0/s1. The van der Waals surface area contributed by atoms with E-state index in [4.69, 9.17) is 28.9 Å². The molecule has 0 aromatic heterocycles. The summed E-state index contributed by atoms with van der Waals surface area (Å²) in [6, 6.07) is 14.9. The zero-order chi connectivity index (χ0) is 28.6. The van der Waals surface area contributed by atoms with Crippen molar-refractivity contribution in [3.63, 3.8) is 0 Å². The van der Waals surface area contributed by atoms with Crippen LogP contribution in [0, 0.1) is 11.3 Å². The van der Waals surface area contributed by atoms with E-state index in [2.05, 4.69) is 10.6 Å². The maximum atomic E-state index is 11.7. The maximum absolute atomic E-state index is 11.7. The minimum atomic E-state index is -0.617. The first-order chi connectivity index (χ1) is 19.5. The van der Waals surface area contributed by atoms with Crippen LogP contribution in [0.15, 0.2) is 42.5 Å². The second kappa shape index (κ2) is 17.5. The summed E-state index contributed by atoms with van der Waals surface area (Å²) < 4.78 is 28.3. The number of unbranched alkanes of at least 4 members (excludes halogenated alkanes) is 1. The van der Waals surface area contributed by atoms with E-state index in [1.165, 1.54) is 0 Å². The molecule has 40 heavy (non-hydrogen) atoms. The minimum Gasteiger partial charge on any atom is -0.506 e. The van der Waals surface area contributed by atoms with Gasteiger partial charge in [0.25, 0.3) is 5.78 Å². The van der Waals surface area contributed by atoms with Crippen molar-refractivity contribution in [2.75, 3.05) is 65.6 Å². The minimum absolute atomic E-state index is 0.174. The van der Waals surface area contributed by atoms with Gasteiger partial charge in [0, 0.05) is 53.0 Å². The first-order valence-corrected chi connectivity index (χ1v) is 13.7. The molecule has 1 fully saturated rings. The van der Waals surface area contributed by atoms with Crippen molar-refractivity contribution in [3.05, 3.63) is 53.6 Å². The quantitative estimate of drug-likeness (QED) is 0.143.